The minimum Gasteiger partial charge on any atom is -0.454 e. The first-order valence-electron chi connectivity index (χ1n) is 8.48. The summed E-state index contributed by atoms with van der Waals surface area (Å²) < 4.78 is 16.1. The normalized spacial score (nSPS) is 49.4. The molecular weight excluding hydrogens is 304 g/mol. The average Bonchev–Trinajstić information content (AvgIpc) is 3.08. The van der Waals surface area contributed by atoms with E-state index in [9.17, 15) is 20.1 Å². The highest BCUT2D eigenvalue weighted by atomic mass is 16.7. The molecule has 7 heteroatoms. The van der Waals surface area contributed by atoms with Gasteiger partial charge in [0.25, 0.3) is 0 Å². The zero-order valence-corrected chi connectivity index (χ0v) is 13.6. The van der Waals surface area contributed by atoms with Crippen LogP contribution in [0.2, 0.25) is 0 Å². The number of rotatable bonds is 5. The summed E-state index contributed by atoms with van der Waals surface area (Å²) in [6.45, 7) is 4.07. The monoisotopic (exact) mass is 330 g/mol. The molecule has 0 amide bonds. The Morgan fingerprint density at radius 2 is 2.04 bits per heavy atom. The maximum absolute atomic E-state index is 12.4. The molecule has 0 aromatic rings. The number of hydrogen-bond acceptors (Lipinski definition) is 7. The molecule has 3 heterocycles. The highest BCUT2D eigenvalue weighted by Gasteiger charge is 2.76. The van der Waals surface area contributed by atoms with Gasteiger partial charge in [0.1, 0.15) is 0 Å². The van der Waals surface area contributed by atoms with E-state index >= 15 is 0 Å². The third-order valence-electron chi connectivity index (χ3n) is 5.43. The Hall–Kier alpha value is -0.730. The molecule has 3 saturated heterocycles. The number of ether oxygens (including phenoxy) is 3. The Labute approximate surface area is 135 Å². The van der Waals surface area contributed by atoms with E-state index in [2.05, 4.69) is 6.92 Å². The minimum atomic E-state index is -2.21. The van der Waals surface area contributed by atoms with E-state index in [4.69, 9.17) is 14.2 Å². The Balaban J connectivity index is 1.86. The molecule has 0 saturated carbocycles. The topological polar surface area (TPSA) is 105 Å². The van der Waals surface area contributed by atoms with E-state index in [1.54, 1.807) is 6.92 Å². The summed E-state index contributed by atoms with van der Waals surface area (Å²) in [5.74, 6) is -3.93. The molecule has 3 rings (SSSR count). The standard InChI is InChI=1S/C16H26O7/c1-3-4-5-6-11-10(7-12(17)22-11)15(19)14(18)23-13-9(2)8-21-16(13,15)20/h9-13,17,19-20H,3-8H2,1-2H3. The molecular formula is C16H26O7. The van der Waals surface area contributed by atoms with E-state index in [1.807, 2.05) is 0 Å². The zero-order valence-electron chi connectivity index (χ0n) is 13.6. The molecule has 7 atom stereocenters. The van der Waals surface area contributed by atoms with Crippen molar-refractivity contribution in [2.75, 3.05) is 6.61 Å². The number of hydrogen-bond donors (Lipinski definition) is 3. The Morgan fingerprint density at radius 3 is 2.74 bits per heavy atom. The Morgan fingerprint density at radius 1 is 1.30 bits per heavy atom. The minimum absolute atomic E-state index is 0.0646. The highest BCUT2D eigenvalue weighted by Crippen LogP contribution is 2.52. The average molecular weight is 330 g/mol. The maximum atomic E-state index is 12.4. The first-order chi connectivity index (χ1) is 10.8. The first-order valence-corrected chi connectivity index (χ1v) is 8.48. The van der Waals surface area contributed by atoms with Crippen molar-refractivity contribution < 1.29 is 34.3 Å². The van der Waals surface area contributed by atoms with Crippen LogP contribution in [0.3, 0.4) is 0 Å². The molecule has 3 N–H and O–H groups in total. The zero-order chi connectivity index (χ0) is 16.8. The molecule has 132 valence electrons. The van der Waals surface area contributed by atoms with Crippen LogP contribution in [0, 0.1) is 11.8 Å². The van der Waals surface area contributed by atoms with Crippen LogP contribution in [0.4, 0.5) is 0 Å². The molecule has 3 fully saturated rings. The molecule has 0 aromatic carbocycles. The van der Waals surface area contributed by atoms with E-state index in [0.717, 1.165) is 19.3 Å². The van der Waals surface area contributed by atoms with Gasteiger partial charge in [0.05, 0.1) is 12.7 Å². The molecule has 0 aliphatic carbocycles. The van der Waals surface area contributed by atoms with Crippen molar-refractivity contribution >= 4 is 5.97 Å². The number of carbonyl (C=O) groups excluding carboxylic acids is 1. The summed E-state index contributed by atoms with van der Waals surface area (Å²) in [5, 5.41) is 31.8. The lowest BCUT2D eigenvalue weighted by molar-refractivity contribution is -0.279. The van der Waals surface area contributed by atoms with Crippen molar-refractivity contribution in [3.05, 3.63) is 0 Å². The van der Waals surface area contributed by atoms with E-state index in [-0.39, 0.29) is 18.9 Å². The van der Waals surface area contributed by atoms with Gasteiger partial charge in [-0.05, 0) is 6.42 Å². The van der Waals surface area contributed by atoms with Crippen LogP contribution >= 0.6 is 0 Å². The van der Waals surface area contributed by atoms with Gasteiger partial charge in [0.15, 0.2) is 12.4 Å². The van der Waals surface area contributed by atoms with Crippen LogP contribution in [0.1, 0.15) is 46.0 Å². The van der Waals surface area contributed by atoms with Crippen molar-refractivity contribution in [2.45, 2.75) is 75.8 Å². The molecule has 3 aliphatic rings. The number of carbonyl (C=O) groups is 1. The second-order valence-electron chi connectivity index (χ2n) is 7.04. The number of esters is 1. The fourth-order valence-corrected chi connectivity index (χ4v) is 4.13. The van der Waals surface area contributed by atoms with Crippen LogP contribution in [-0.2, 0) is 19.0 Å². The van der Waals surface area contributed by atoms with Gasteiger partial charge in [-0.25, -0.2) is 4.79 Å². The lowest BCUT2D eigenvalue weighted by Crippen LogP contribution is -2.63. The molecule has 3 aliphatic heterocycles. The van der Waals surface area contributed by atoms with Crippen LogP contribution in [-0.4, -0.2) is 57.8 Å². The number of aliphatic hydroxyl groups is 3. The summed E-state index contributed by atoms with van der Waals surface area (Å²) in [6.07, 6.45) is 1.06. The summed E-state index contributed by atoms with van der Waals surface area (Å²) >= 11 is 0. The van der Waals surface area contributed by atoms with Crippen molar-refractivity contribution in [3.63, 3.8) is 0 Å². The van der Waals surface area contributed by atoms with Crippen molar-refractivity contribution in [2.24, 2.45) is 11.8 Å². The van der Waals surface area contributed by atoms with Gasteiger partial charge in [-0.15, -0.1) is 0 Å². The number of aliphatic hydroxyl groups excluding tert-OH is 1. The number of fused-ring (bicyclic) bond motifs is 1. The lowest BCUT2D eigenvalue weighted by atomic mass is 9.74. The van der Waals surface area contributed by atoms with Gasteiger partial charge in [-0.3, -0.25) is 0 Å². The highest BCUT2D eigenvalue weighted by molar-refractivity contribution is 5.84. The molecule has 0 aromatic heterocycles. The summed E-state index contributed by atoms with van der Waals surface area (Å²) in [6, 6.07) is 0. The second-order valence-corrected chi connectivity index (χ2v) is 7.04. The van der Waals surface area contributed by atoms with Gasteiger partial charge in [-0.2, -0.15) is 0 Å². The third kappa shape index (κ3) is 2.41. The SMILES string of the molecule is CCCCCC1OC(O)CC1C1(O)C(=O)OC2C(C)COC21O. The Kier molecular flexibility index (Phi) is 4.44. The van der Waals surface area contributed by atoms with E-state index in [1.165, 1.54) is 0 Å². The lowest BCUT2D eigenvalue weighted by Gasteiger charge is -2.38. The largest absolute Gasteiger partial charge is 0.454 e. The van der Waals surface area contributed by atoms with Crippen LogP contribution in [0.25, 0.3) is 0 Å². The van der Waals surface area contributed by atoms with E-state index < -0.39 is 41.8 Å². The van der Waals surface area contributed by atoms with Crippen molar-refractivity contribution in [3.8, 4) is 0 Å². The molecule has 0 spiro atoms. The molecule has 7 nitrogen and oxygen atoms in total. The first kappa shape index (κ1) is 17.1. The van der Waals surface area contributed by atoms with Crippen molar-refractivity contribution in [1.82, 2.24) is 0 Å². The Bertz CT molecular complexity index is 469. The second kappa shape index (κ2) is 5.97. The summed E-state index contributed by atoms with van der Waals surface area (Å²) in [5.41, 5.74) is -2.21. The molecule has 0 radical (unpaired) electrons. The molecule has 7 unspecified atom stereocenters. The molecule has 0 bridgehead atoms. The fourth-order valence-electron chi connectivity index (χ4n) is 4.13. The van der Waals surface area contributed by atoms with Gasteiger partial charge < -0.3 is 29.5 Å². The van der Waals surface area contributed by atoms with Crippen LogP contribution in [0.15, 0.2) is 0 Å². The third-order valence-corrected chi connectivity index (χ3v) is 5.43. The molecule has 23 heavy (non-hydrogen) atoms. The van der Waals surface area contributed by atoms with Gasteiger partial charge in [0.2, 0.25) is 11.4 Å². The predicted octanol–water partition coefficient (Wildman–Crippen LogP) is 0.302. The predicted molar refractivity (Wildman–Crippen MR) is 78.0 cm³/mol. The van der Waals surface area contributed by atoms with Gasteiger partial charge in [-0.1, -0.05) is 33.1 Å². The summed E-state index contributed by atoms with van der Waals surface area (Å²) in [7, 11) is 0. The quantitative estimate of drug-likeness (QED) is 0.492. The van der Waals surface area contributed by atoms with Gasteiger partial charge >= 0.3 is 5.97 Å². The van der Waals surface area contributed by atoms with E-state index in [0.29, 0.717) is 6.42 Å². The maximum Gasteiger partial charge on any atom is 0.344 e. The van der Waals surface area contributed by atoms with Crippen molar-refractivity contribution in [1.29, 1.82) is 0 Å². The fraction of sp³-hybridized carbons (Fsp3) is 0.938. The van der Waals surface area contributed by atoms with Crippen LogP contribution in [0.5, 0.6) is 0 Å². The van der Waals surface area contributed by atoms with Crippen LogP contribution < -0.4 is 0 Å². The van der Waals surface area contributed by atoms with Gasteiger partial charge in [0, 0.05) is 18.3 Å². The smallest absolute Gasteiger partial charge is 0.344 e. The number of unbranched alkanes of at least 4 members (excludes halogenated alkanes) is 2. The summed E-state index contributed by atoms with van der Waals surface area (Å²) in [4.78, 5) is 12.4.